The lowest BCUT2D eigenvalue weighted by Crippen LogP contribution is -2.60. The molecule has 0 fully saturated rings. The third-order valence-electron chi connectivity index (χ3n) is 6.59. The molecule has 1 aromatic heterocycles. The third kappa shape index (κ3) is 2.17. The monoisotopic (exact) mass is 424 g/mol. The van der Waals surface area contributed by atoms with Gasteiger partial charge in [0.1, 0.15) is 11.6 Å². The first-order valence-corrected chi connectivity index (χ1v) is 10.5. The van der Waals surface area contributed by atoms with Crippen LogP contribution in [0.25, 0.3) is 5.69 Å². The van der Waals surface area contributed by atoms with Gasteiger partial charge in [0, 0.05) is 6.92 Å². The fraction of sp³-hybridized carbons (Fsp3) is 0.160. The molecule has 3 aliphatic rings. The van der Waals surface area contributed by atoms with Crippen molar-refractivity contribution < 1.29 is 4.79 Å². The Bertz CT molecular complexity index is 1460. The summed E-state index contributed by atoms with van der Waals surface area (Å²) in [6.07, 6.45) is 0. The molecular formula is C25H20N4O3. The molecule has 1 amide bonds. The van der Waals surface area contributed by atoms with E-state index in [0.29, 0.717) is 5.69 Å². The van der Waals surface area contributed by atoms with Crippen LogP contribution in [0.5, 0.6) is 0 Å². The molecule has 2 aliphatic heterocycles. The number of nitrogens with zero attached hydrogens (tertiary/aromatic N) is 3. The molecule has 0 saturated carbocycles. The van der Waals surface area contributed by atoms with Crippen LogP contribution in [0.15, 0.2) is 88.5 Å². The molecule has 0 unspecified atom stereocenters. The second-order valence-electron chi connectivity index (χ2n) is 8.24. The molecule has 4 aromatic rings. The van der Waals surface area contributed by atoms with Crippen LogP contribution in [0.4, 0.5) is 0 Å². The van der Waals surface area contributed by atoms with Crippen LogP contribution in [0.1, 0.15) is 35.2 Å². The van der Waals surface area contributed by atoms with Gasteiger partial charge in [-0.2, -0.15) is 0 Å². The molecule has 7 nitrogen and oxygen atoms in total. The number of hydrogen-bond acceptors (Lipinski definition) is 3. The van der Waals surface area contributed by atoms with Crippen molar-refractivity contribution in [1.82, 2.24) is 19.2 Å². The average molecular weight is 424 g/mol. The Morgan fingerprint density at radius 3 is 2.00 bits per heavy atom. The van der Waals surface area contributed by atoms with E-state index in [-0.39, 0.29) is 12.5 Å². The summed E-state index contributed by atoms with van der Waals surface area (Å²) in [7, 11) is 0. The highest BCUT2D eigenvalue weighted by Crippen LogP contribution is 2.51. The number of carbonyl (C=O) groups excluding carboxylic acids is 1. The maximum absolute atomic E-state index is 13.9. The summed E-state index contributed by atoms with van der Waals surface area (Å²) < 4.78 is 4.32. The first-order chi connectivity index (χ1) is 15.6. The standard InChI is InChI=1S/C25H20N4O3/c1-16(30)26-15-25-20-13-7-5-11-18(20)22(19-12-6-8-14-21(19)25)28-23(31)27(24(32)29(25)28)17-9-3-2-4-10-17/h2-14,22H,15H2,1H3,(H,26,30). The van der Waals surface area contributed by atoms with Crippen LogP contribution in [0.3, 0.4) is 0 Å². The number of para-hydroxylation sites is 1. The van der Waals surface area contributed by atoms with E-state index in [9.17, 15) is 14.4 Å². The molecule has 2 bridgehead atoms. The summed E-state index contributed by atoms with van der Waals surface area (Å²) in [6, 6.07) is 24.2. The Kier molecular flexibility index (Phi) is 3.74. The molecule has 0 atom stereocenters. The maximum atomic E-state index is 13.9. The minimum absolute atomic E-state index is 0.154. The maximum Gasteiger partial charge on any atom is 0.353 e. The molecule has 7 rings (SSSR count). The van der Waals surface area contributed by atoms with Gasteiger partial charge in [-0.1, -0.05) is 66.7 Å². The molecule has 3 heterocycles. The third-order valence-corrected chi connectivity index (χ3v) is 6.59. The van der Waals surface area contributed by atoms with E-state index in [1.54, 1.807) is 33.6 Å². The molecular weight excluding hydrogens is 404 g/mol. The van der Waals surface area contributed by atoms with Gasteiger partial charge in [0.15, 0.2) is 0 Å². The van der Waals surface area contributed by atoms with Gasteiger partial charge in [-0.15, -0.1) is 0 Å². The van der Waals surface area contributed by atoms with E-state index in [1.807, 2.05) is 54.6 Å². The Morgan fingerprint density at radius 2 is 1.41 bits per heavy atom. The Labute approximate surface area is 183 Å². The molecule has 1 N–H and O–H groups in total. The van der Waals surface area contributed by atoms with Crippen LogP contribution in [-0.2, 0) is 10.3 Å². The first kappa shape index (κ1) is 18.6. The lowest BCUT2D eigenvalue weighted by atomic mass is 9.68. The number of benzene rings is 3. The van der Waals surface area contributed by atoms with Crippen molar-refractivity contribution in [2.24, 2.45) is 0 Å². The predicted octanol–water partition coefficient (Wildman–Crippen LogP) is 1.99. The summed E-state index contributed by atoms with van der Waals surface area (Å²) >= 11 is 0. The topological polar surface area (TPSA) is 78.0 Å². The van der Waals surface area contributed by atoms with E-state index in [4.69, 9.17) is 0 Å². The molecule has 0 spiro atoms. The smallest absolute Gasteiger partial charge is 0.353 e. The molecule has 158 valence electrons. The molecule has 32 heavy (non-hydrogen) atoms. The predicted molar refractivity (Wildman–Crippen MR) is 119 cm³/mol. The average Bonchev–Trinajstić information content (AvgIpc) is 3.09. The highest BCUT2D eigenvalue weighted by molar-refractivity contribution is 5.73. The van der Waals surface area contributed by atoms with Gasteiger partial charge in [0.05, 0.1) is 12.2 Å². The van der Waals surface area contributed by atoms with Gasteiger partial charge < -0.3 is 5.32 Å². The second-order valence-corrected chi connectivity index (χ2v) is 8.24. The summed E-state index contributed by atoms with van der Waals surface area (Å²) in [6.45, 7) is 1.61. The number of rotatable bonds is 3. The zero-order valence-corrected chi connectivity index (χ0v) is 17.4. The van der Waals surface area contributed by atoms with Gasteiger partial charge in [0.2, 0.25) is 5.91 Å². The van der Waals surface area contributed by atoms with Gasteiger partial charge in [-0.25, -0.2) is 23.5 Å². The van der Waals surface area contributed by atoms with Crippen LogP contribution >= 0.6 is 0 Å². The minimum Gasteiger partial charge on any atom is -0.353 e. The van der Waals surface area contributed by atoms with E-state index in [1.165, 1.54) is 11.5 Å². The summed E-state index contributed by atoms with van der Waals surface area (Å²) in [4.78, 5) is 39.6. The normalized spacial score (nSPS) is 19.7. The zero-order valence-electron chi connectivity index (χ0n) is 17.4. The number of nitrogens with one attached hydrogen (secondary N) is 1. The van der Waals surface area contributed by atoms with Crippen molar-refractivity contribution in [3.05, 3.63) is 122 Å². The Hall–Kier alpha value is -4.13. The second kappa shape index (κ2) is 6.43. The number of carbonyl (C=O) groups is 1. The zero-order chi connectivity index (χ0) is 22.0. The highest BCUT2D eigenvalue weighted by Gasteiger charge is 2.54. The van der Waals surface area contributed by atoms with Crippen molar-refractivity contribution in [2.75, 3.05) is 6.54 Å². The molecule has 0 saturated heterocycles. The minimum atomic E-state index is -1.04. The summed E-state index contributed by atoms with van der Waals surface area (Å²) in [5.74, 6) is -0.202. The van der Waals surface area contributed by atoms with Crippen LogP contribution < -0.4 is 16.7 Å². The van der Waals surface area contributed by atoms with Crippen molar-refractivity contribution in [2.45, 2.75) is 18.5 Å². The van der Waals surface area contributed by atoms with Gasteiger partial charge >= 0.3 is 11.4 Å². The SMILES string of the molecule is CC(=O)NCC12c3ccccc3C(c3ccccc31)n1c(=O)n(-c3ccccc3)c(=O)n12. The molecule has 1 aliphatic carbocycles. The van der Waals surface area contributed by atoms with Gasteiger partial charge in [-0.3, -0.25) is 4.79 Å². The van der Waals surface area contributed by atoms with Crippen molar-refractivity contribution in [1.29, 1.82) is 0 Å². The fourth-order valence-electron chi connectivity index (χ4n) is 5.37. The van der Waals surface area contributed by atoms with Crippen molar-refractivity contribution >= 4 is 5.91 Å². The summed E-state index contributed by atoms with van der Waals surface area (Å²) in [5.41, 5.74) is 2.41. The van der Waals surface area contributed by atoms with Crippen molar-refractivity contribution in [3.8, 4) is 5.69 Å². The molecule has 0 radical (unpaired) electrons. The van der Waals surface area contributed by atoms with E-state index in [2.05, 4.69) is 5.32 Å². The fourth-order valence-corrected chi connectivity index (χ4v) is 5.37. The quantitative estimate of drug-likeness (QED) is 0.546. The van der Waals surface area contributed by atoms with Crippen LogP contribution in [0.2, 0.25) is 0 Å². The van der Waals surface area contributed by atoms with Crippen LogP contribution in [0, 0.1) is 0 Å². The van der Waals surface area contributed by atoms with E-state index in [0.717, 1.165) is 22.3 Å². The van der Waals surface area contributed by atoms with E-state index >= 15 is 0 Å². The summed E-state index contributed by atoms with van der Waals surface area (Å²) in [5, 5.41) is 2.93. The highest BCUT2D eigenvalue weighted by atomic mass is 16.2. The molecule has 7 heteroatoms. The van der Waals surface area contributed by atoms with E-state index < -0.39 is 23.0 Å². The van der Waals surface area contributed by atoms with Crippen LogP contribution in [-0.4, -0.2) is 26.4 Å². The lowest BCUT2D eigenvalue weighted by Gasteiger charge is -2.50. The largest absolute Gasteiger partial charge is 0.353 e. The Balaban J connectivity index is 1.78. The van der Waals surface area contributed by atoms with Gasteiger partial charge in [0.25, 0.3) is 0 Å². The number of amides is 1. The number of aromatic nitrogens is 3. The molecule has 3 aromatic carbocycles. The van der Waals surface area contributed by atoms with Crippen molar-refractivity contribution in [3.63, 3.8) is 0 Å². The Morgan fingerprint density at radius 1 is 0.844 bits per heavy atom. The lowest BCUT2D eigenvalue weighted by molar-refractivity contribution is -0.119. The number of hydrogen-bond donors (Lipinski definition) is 1. The van der Waals surface area contributed by atoms with Gasteiger partial charge in [-0.05, 0) is 34.4 Å². The first-order valence-electron chi connectivity index (χ1n) is 10.5.